The summed E-state index contributed by atoms with van der Waals surface area (Å²) in [6.07, 6.45) is 6.26. The maximum Gasteiger partial charge on any atom is 0.229 e. The second-order valence-electron chi connectivity index (χ2n) is 7.46. The van der Waals surface area contributed by atoms with E-state index in [1.165, 1.54) is 30.6 Å². The van der Waals surface area contributed by atoms with Crippen LogP contribution in [0.2, 0.25) is 0 Å². The molecule has 34 heavy (non-hydrogen) atoms. The first-order chi connectivity index (χ1) is 16.6. The number of benzene rings is 1. The van der Waals surface area contributed by atoms with Gasteiger partial charge in [-0.3, -0.25) is 4.99 Å². The highest BCUT2D eigenvalue weighted by Gasteiger charge is 2.16. The molecule has 11 heteroatoms. The third-order valence-electron chi connectivity index (χ3n) is 5.13. The quantitative estimate of drug-likeness (QED) is 0.307. The summed E-state index contributed by atoms with van der Waals surface area (Å²) in [6.45, 7) is 2.92. The average molecular weight is 464 g/mol. The molecule has 4 rings (SSSR count). The topological polar surface area (TPSA) is 140 Å². The zero-order chi connectivity index (χ0) is 23.9. The number of pyridine rings is 1. The minimum atomic E-state index is -0.463. The van der Waals surface area contributed by atoms with Crippen LogP contribution in [0.5, 0.6) is 0 Å². The van der Waals surface area contributed by atoms with Crippen LogP contribution in [0.4, 0.5) is 33.3 Å². The number of hydrogen-bond acceptors (Lipinski definition) is 10. The van der Waals surface area contributed by atoms with Crippen LogP contribution in [0, 0.1) is 5.82 Å². The van der Waals surface area contributed by atoms with Crippen molar-refractivity contribution in [3.63, 3.8) is 0 Å². The molecule has 1 aliphatic rings. The number of anilines is 5. The predicted octanol–water partition coefficient (Wildman–Crippen LogP) is 2.75. The van der Waals surface area contributed by atoms with Crippen LogP contribution in [-0.4, -0.2) is 54.5 Å². The second-order valence-corrected chi connectivity index (χ2v) is 7.46. The van der Waals surface area contributed by atoms with Gasteiger partial charge in [-0.25, -0.2) is 14.4 Å². The van der Waals surface area contributed by atoms with E-state index in [4.69, 9.17) is 16.2 Å². The first kappa shape index (κ1) is 22.9. The lowest BCUT2D eigenvalue weighted by atomic mass is 10.1. The van der Waals surface area contributed by atoms with Crippen LogP contribution in [-0.2, 0) is 4.74 Å². The molecule has 0 spiro atoms. The molecule has 0 bridgehead atoms. The van der Waals surface area contributed by atoms with Gasteiger partial charge in [-0.15, -0.1) is 0 Å². The molecule has 0 radical (unpaired) electrons. The molecule has 6 N–H and O–H groups in total. The lowest BCUT2D eigenvalue weighted by molar-refractivity contribution is 0.122. The first-order valence-corrected chi connectivity index (χ1v) is 10.7. The van der Waals surface area contributed by atoms with E-state index in [1.807, 2.05) is 12.1 Å². The number of halogens is 1. The third-order valence-corrected chi connectivity index (χ3v) is 5.13. The maximum atomic E-state index is 14.5. The van der Waals surface area contributed by atoms with Gasteiger partial charge in [-0.05, 0) is 30.3 Å². The Bertz CT molecular complexity index is 1190. The molecule has 0 atom stereocenters. The first-order valence-electron chi connectivity index (χ1n) is 10.7. The lowest BCUT2D eigenvalue weighted by Gasteiger charge is -2.27. The monoisotopic (exact) mass is 463 g/mol. The highest BCUT2D eigenvalue weighted by Crippen LogP contribution is 2.31. The number of nitrogens with two attached hydrogens (primary N) is 2. The molecule has 0 unspecified atom stereocenters. The van der Waals surface area contributed by atoms with Gasteiger partial charge in [-0.2, -0.15) is 4.98 Å². The summed E-state index contributed by atoms with van der Waals surface area (Å²) >= 11 is 0. The zero-order valence-corrected chi connectivity index (χ0v) is 18.7. The molecule has 176 valence electrons. The lowest BCUT2D eigenvalue weighted by Crippen LogP contribution is -2.36. The van der Waals surface area contributed by atoms with Crippen molar-refractivity contribution >= 4 is 35.2 Å². The molecule has 1 aliphatic heterocycles. The van der Waals surface area contributed by atoms with Crippen molar-refractivity contribution in [1.82, 2.24) is 15.0 Å². The van der Waals surface area contributed by atoms with Crippen molar-refractivity contribution in [2.75, 3.05) is 54.6 Å². The SMILES string of the molecule is CN=C/C(=C\N)Nc1ncc(-c2ccc(N3CCOCC3)nc2)c(Nc2cc(N)ccc2F)n1. The normalized spacial score (nSPS) is 14.4. The molecule has 2 aromatic heterocycles. The number of nitrogen functional groups attached to an aromatic ring is 1. The molecular weight excluding hydrogens is 437 g/mol. The summed E-state index contributed by atoms with van der Waals surface area (Å²) in [7, 11) is 1.62. The van der Waals surface area contributed by atoms with Gasteiger partial charge in [0.15, 0.2) is 0 Å². The number of aliphatic imine (C=N–C) groups is 1. The van der Waals surface area contributed by atoms with E-state index < -0.39 is 5.82 Å². The van der Waals surface area contributed by atoms with Crippen molar-refractivity contribution in [3.05, 3.63) is 60.4 Å². The molecular formula is C23H26FN9O. The van der Waals surface area contributed by atoms with E-state index in [0.717, 1.165) is 24.5 Å². The van der Waals surface area contributed by atoms with Crippen molar-refractivity contribution in [2.45, 2.75) is 0 Å². The Morgan fingerprint density at radius 1 is 1.18 bits per heavy atom. The summed E-state index contributed by atoms with van der Waals surface area (Å²) in [5.74, 6) is 1.02. The number of hydrogen-bond donors (Lipinski definition) is 4. The summed E-state index contributed by atoms with van der Waals surface area (Å²) in [6, 6.07) is 8.15. The van der Waals surface area contributed by atoms with Crippen LogP contribution in [0.3, 0.4) is 0 Å². The maximum absolute atomic E-state index is 14.5. The third kappa shape index (κ3) is 5.38. The van der Waals surface area contributed by atoms with Gasteiger partial charge >= 0.3 is 0 Å². The number of nitrogens with one attached hydrogen (secondary N) is 2. The summed E-state index contributed by atoms with van der Waals surface area (Å²) in [5, 5.41) is 6.02. The number of ether oxygens (including phenoxy) is 1. The number of morpholine rings is 1. The molecule has 3 heterocycles. The Kier molecular flexibility index (Phi) is 7.13. The van der Waals surface area contributed by atoms with E-state index in [2.05, 4.69) is 35.5 Å². The number of aromatic nitrogens is 3. The molecule has 1 aromatic carbocycles. The van der Waals surface area contributed by atoms with Gasteiger partial charge in [0.1, 0.15) is 17.5 Å². The fraction of sp³-hybridized carbons (Fsp3) is 0.217. The van der Waals surface area contributed by atoms with Crippen molar-refractivity contribution in [3.8, 4) is 11.1 Å². The highest BCUT2D eigenvalue weighted by atomic mass is 19.1. The number of rotatable bonds is 7. The molecule has 0 aliphatic carbocycles. The van der Waals surface area contributed by atoms with E-state index in [0.29, 0.717) is 36.0 Å². The van der Waals surface area contributed by atoms with Gasteiger partial charge in [0.25, 0.3) is 0 Å². The zero-order valence-electron chi connectivity index (χ0n) is 18.7. The van der Waals surface area contributed by atoms with E-state index in [9.17, 15) is 4.39 Å². The molecule has 10 nitrogen and oxygen atoms in total. The molecule has 0 amide bonds. The van der Waals surface area contributed by atoms with Crippen LogP contribution in [0.15, 0.2) is 59.6 Å². The summed E-state index contributed by atoms with van der Waals surface area (Å²) in [4.78, 5) is 19.6. The Balaban J connectivity index is 1.69. The van der Waals surface area contributed by atoms with Crippen LogP contribution in [0.25, 0.3) is 11.1 Å². The van der Waals surface area contributed by atoms with Crippen LogP contribution < -0.4 is 27.0 Å². The Morgan fingerprint density at radius 2 is 2.00 bits per heavy atom. The molecule has 3 aromatic rings. The standard InChI is InChI=1S/C23H26FN9O/c1-27-13-17(11-25)30-23-29-14-18(22(32-23)31-20-10-16(26)3-4-19(20)24)15-2-5-21(28-12-15)33-6-8-34-9-7-33/h2-5,10-14H,6-9,25-26H2,1H3,(H2,29,30,31,32)/b17-11+,27-13?. The molecule has 1 saturated heterocycles. The minimum Gasteiger partial charge on any atom is -0.403 e. The minimum absolute atomic E-state index is 0.188. The molecule has 0 saturated carbocycles. The van der Waals surface area contributed by atoms with Gasteiger partial charge in [-0.1, -0.05) is 0 Å². The van der Waals surface area contributed by atoms with Crippen LogP contribution in [0.1, 0.15) is 0 Å². The Morgan fingerprint density at radius 3 is 2.71 bits per heavy atom. The van der Waals surface area contributed by atoms with Gasteiger partial charge < -0.3 is 31.7 Å². The average Bonchev–Trinajstić information content (AvgIpc) is 2.87. The van der Waals surface area contributed by atoms with E-state index >= 15 is 0 Å². The van der Waals surface area contributed by atoms with Gasteiger partial charge in [0.05, 0.1) is 24.6 Å². The van der Waals surface area contributed by atoms with Crippen molar-refractivity contribution < 1.29 is 9.13 Å². The fourth-order valence-electron chi connectivity index (χ4n) is 3.42. The summed E-state index contributed by atoms with van der Waals surface area (Å²) < 4.78 is 19.9. The van der Waals surface area contributed by atoms with Crippen molar-refractivity contribution in [1.29, 1.82) is 0 Å². The van der Waals surface area contributed by atoms with Crippen molar-refractivity contribution in [2.24, 2.45) is 10.7 Å². The van der Waals surface area contributed by atoms with E-state index in [1.54, 1.807) is 19.4 Å². The summed E-state index contributed by atoms with van der Waals surface area (Å²) in [5.41, 5.74) is 14.0. The van der Waals surface area contributed by atoms with Gasteiger partial charge in [0, 0.05) is 61.8 Å². The number of nitrogens with zero attached hydrogens (tertiary/aromatic N) is 5. The number of allylic oxidation sites excluding steroid dienone is 1. The van der Waals surface area contributed by atoms with E-state index in [-0.39, 0.29) is 11.6 Å². The predicted molar refractivity (Wildman–Crippen MR) is 133 cm³/mol. The Labute approximate surface area is 196 Å². The fourth-order valence-corrected chi connectivity index (χ4v) is 3.42. The Hall–Kier alpha value is -4.25. The molecule has 1 fully saturated rings. The largest absolute Gasteiger partial charge is 0.403 e. The van der Waals surface area contributed by atoms with Gasteiger partial charge in [0.2, 0.25) is 5.95 Å². The smallest absolute Gasteiger partial charge is 0.229 e. The second kappa shape index (κ2) is 10.6. The van der Waals surface area contributed by atoms with Crippen LogP contribution >= 0.6 is 0 Å². The highest BCUT2D eigenvalue weighted by molar-refractivity contribution is 5.83.